The number of morpholine rings is 1. The maximum Gasteiger partial charge on any atom is 0.427 e. The van der Waals surface area contributed by atoms with Gasteiger partial charge in [0.25, 0.3) is 0 Å². The minimum atomic E-state index is -4.87. The van der Waals surface area contributed by atoms with E-state index in [1.807, 2.05) is 0 Å². The van der Waals surface area contributed by atoms with Crippen LogP contribution in [0.1, 0.15) is 18.4 Å². The van der Waals surface area contributed by atoms with Crippen LogP contribution < -0.4 is 0 Å². The highest BCUT2D eigenvalue weighted by Crippen LogP contribution is 2.34. The first kappa shape index (κ1) is 25.0. The van der Waals surface area contributed by atoms with Crippen LogP contribution in [0.2, 0.25) is 5.02 Å². The molecule has 1 atom stereocenters. The van der Waals surface area contributed by atoms with E-state index < -0.39 is 40.6 Å². The van der Waals surface area contributed by atoms with Gasteiger partial charge in [-0.15, -0.1) is 0 Å². The molecule has 2 aliphatic rings. The molecular weight excluding hydrogens is 477 g/mol. The van der Waals surface area contributed by atoms with E-state index in [0.717, 1.165) is 10.5 Å². The number of sulfonamides is 1. The lowest BCUT2D eigenvalue weighted by molar-refractivity contribution is -0.215. The lowest BCUT2D eigenvalue weighted by atomic mass is 9.90. The number of likely N-dealkylation sites (tertiary alicyclic amines) is 1. The van der Waals surface area contributed by atoms with Gasteiger partial charge in [0.1, 0.15) is 0 Å². The van der Waals surface area contributed by atoms with E-state index in [0.29, 0.717) is 5.02 Å². The smallest absolute Gasteiger partial charge is 0.427 e. The van der Waals surface area contributed by atoms with E-state index in [-0.39, 0.29) is 50.5 Å². The van der Waals surface area contributed by atoms with Crippen molar-refractivity contribution >= 4 is 27.7 Å². The Morgan fingerprint density at radius 3 is 2.53 bits per heavy atom. The van der Waals surface area contributed by atoms with Crippen molar-refractivity contribution in [2.45, 2.75) is 42.5 Å². The summed E-state index contributed by atoms with van der Waals surface area (Å²) < 4.78 is 75.9. The maximum absolute atomic E-state index is 13.1. The number of aliphatic hydroxyl groups excluding tert-OH is 1. The zero-order valence-corrected chi connectivity index (χ0v) is 18.8. The Labute approximate surface area is 188 Å². The highest BCUT2D eigenvalue weighted by Gasteiger charge is 2.46. The quantitative estimate of drug-likeness (QED) is 0.682. The molecule has 32 heavy (non-hydrogen) atoms. The molecule has 0 bridgehead atoms. The molecule has 2 saturated heterocycles. The second-order valence-corrected chi connectivity index (χ2v) is 10.2. The fourth-order valence-electron chi connectivity index (χ4n) is 3.70. The molecule has 0 saturated carbocycles. The van der Waals surface area contributed by atoms with Crippen molar-refractivity contribution in [2.24, 2.45) is 0 Å². The number of hydrogen-bond acceptors (Lipinski definition) is 6. The number of rotatable bonds is 4. The summed E-state index contributed by atoms with van der Waals surface area (Å²) >= 11 is 6.08. The number of carbonyl (C=O) groups is 1. The largest absolute Gasteiger partial charge is 0.434 e. The molecule has 2 aliphatic heterocycles. The normalized spacial score (nSPS) is 20.9. The number of amides is 1. The van der Waals surface area contributed by atoms with E-state index >= 15 is 0 Å². The van der Waals surface area contributed by atoms with Crippen LogP contribution in [0.4, 0.5) is 18.0 Å². The molecule has 1 spiro atoms. The molecule has 1 aromatic carbocycles. The van der Waals surface area contributed by atoms with Crippen molar-refractivity contribution < 1.29 is 41.0 Å². The Bertz CT molecular complexity index is 951. The van der Waals surface area contributed by atoms with Crippen molar-refractivity contribution in [1.82, 2.24) is 9.21 Å². The molecule has 0 aromatic heterocycles. The zero-order chi connectivity index (χ0) is 23.7. The van der Waals surface area contributed by atoms with Crippen LogP contribution in [0.3, 0.4) is 0 Å². The van der Waals surface area contributed by atoms with Crippen molar-refractivity contribution in [2.75, 3.05) is 39.4 Å². The minimum Gasteiger partial charge on any atom is -0.434 e. The molecule has 13 heteroatoms. The number of alkyl halides is 3. The number of hydrogen-bond donors (Lipinski definition) is 1. The summed E-state index contributed by atoms with van der Waals surface area (Å²) in [6, 6.07) is 4.50. The highest BCUT2D eigenvalue weighted by atomic mass is 35.5. The Morgan fingerprint density at radius 1 is 1.31 bits per heavy atom. The summed E-state index contributed by atoms with van der Waals surface area (Å²) in [6.45, 7) is 0.781. The van der Waals surface area contributed by atoms with E-state index in [1.165, 1.54) is 16.4 Å². The molecule has 1 N–H and O–H groups in total. The monoisotopic (exact) mass is 500 g/mol. The third-order valence-electron chi connectivity index (χ3n) is 5.70. The van der Waals surface area contributed by atoms with Crippen LogP contribution in [-0.2, 0) is 19.5 Å². The number of piperidine rings is 1. The zero-order valence-electron chi connectivity index (χ0n) is 17.3. The summed E-state index contributed by atoms with van der Waals surface area (Å²) in [7, 11) is -3.83. The van der Waals surface area contributed by atoms with Crippen molar-refractivity contribution in [1.29, 1.82) is 0 Å². The van der Waals surface area contributed by atoms with Gasteiger partial charge in [0.15, 0.2) is 0 Å². The van der Waals surface area contributed by atoms with Crippen LogP contribution in [0.15, 0.2) is 23.1 Å². The molecule has 1 amide bonds. The summed E-state index contributed by atoms with van der Waals surface area (Å²) in [5, 5.41) is 9.17. The number of benzene rings is 1. The molecule has 1 aromatic rings. The molecule has 0 radical (unpaired) electrons. The van der Waals surface area contributed by atoms with Crippen LogP contribution >= 0.6 is 11.6 Å². The van der Waals surface area contributed by atoms with Gasteiger partial charge in [0.05, 0.1) is 23.7 Å². The number of aliphatic hydroxyl groups is 1. The SMILES string of the molecule is Cc1ccc(S(=O)(=O)N2CCOC3(CCN(C(=O)OC(CO)C(F)(F)F)CC3)C2)cc1Cl. The van der Waals surface area contributed by atoms with Gasteiger partial charge in [0.2, 0.25) is 16.1 Å². The Balaban J connectivity index is 1.65. The number of halogens is 4. The van der Waals surface area contributed by atoms with Gasteiger partial charge in [-0.3, -0.25) is 0 Å². The maximum atomic E-state index is 13.1. The molecular formula is C19H24ClF3N2O6S. The Kier molecular flexibility index (Phi) is 7.30. The first-order valence-electron chi connectivity index (χ1n) is 9.91. The molecule has 8 nitrogen and oxygen atoms in total. The van der Waals surface area contributed by atoms with Gasteiger partial charge in [-0.1, -0.05) is 17.7 Å². The van der Waals surface area contributed by atoms with Crippen molar-refractivity contribution in [3.8, 4) is 0 Å². The number of carbonyl (C=O) groups excluding carboxylic acids is 1. The summed E-state index contributed by atoms with van der Waals surface area (Å²) in [5.74, 6) is 0. The molecule has 2 heterocycles. The number of nitrogens with zero attached hydrogens (tertiary/aromatic N) is 2. The average Bonchev–Trinajstić information content (AvgIpc) is 2.73. The average molecular weight is 501 g/mol. The standard InChI is InChI=1S/C19H24ClF3N2O6S/c1-13-2-3-14(10-15(13)20)32(28,29)25-8-9-30-18(12-25)4-6-24(7-5-18)17(27)31-16(11-26)19(21,22)23/h2-3,10,16,26H,4-9,11-12H2,1H3. The van der Waals surface area contributed by atoms with Crippen LogP contribution in [-0.4, -0.2) is 86.1 Å². The van der Waals surface area contributed by atoms with Crippen LogP contribution in [0, 0.1) is 6.92 Å². The van der Waals surface area contributed by atoms with Gasteiger partial charge in [0, 0.05) is 31.2 Å². The lowest BCUT2D eigenvalue weighted by Crippen LogP contribution is -2.58. The second-order valence-electron chi connectivity index (χ2n) is 7.86. The van der Waals surface area contributed by atoms with Gasteiger partial charge < -0.3 is 19.5 Å². The minimum absolute atomic E-state index is 0.0269. The topological polar surface area (TPSA) is 96.4 Å². The summed E-state index contributed by atoms with van der Waals surface area (Å²) in [5.41, 5.74) is -0.117. The Hall–Kier alpha value is -1.60. The fourth-order valence-corrected chi connectivity index (χ4v) is 5.47. The van der Waals surface area contributed by atoms with Gasteiger partial charge in [-0.05, 0) is 37.5 Å². The molecule has 1 unspecified atom stereocenters. The molecule has 180 valence electrons. The molecule has 0 aliphatic carbocycles. The Morgan fingerprint density at radius 2 is 1.97 bits per heavy atom. The first-order chi connectivity index (χ1) is 14.9. The van der Waals surface area contributed by atoms with Gasteiger partial charge in [-0.2, -0.15) is 17.5 Å². The third kappa shape index (κ3) is 5.30. The van der Waals surface area contributed by atoms with E-state index in [4.69, 9.17) is 21.4 Å². The second kappa shape index (κ2) is 9.34. The third-order valence-corrected chi connectivity index (χ3v) is 7.95. The van der Waals surface area contributed by atoms with E-state index in [2.05, 4.69) is 4.74 Å². The fraction of sp³-hybridized carbons (Fsp3) is 0.632. The van der Waals surface area contributed by atoms with E-state index in [1.54, 1.807) is 13.0 Å². The molecule has 3 rings (SSSR count). The predicted molar refractivity (Wildman–Crippen MR) is 108 cm³/mol. The van der Waals surface area contributed by atoms with Crippen LogP contribution in [0.5, 0.6) is 0 Å². The van der Waals surface area contributed by atoms with Crippen molar-refractivity contribution in [3.05, 3.63) is 28.8 Å². The molecule has 2 fully saturated rings. The van der Waals surface area contributed by atoms with Gasteiger partial charge >= 0.3 is 12.3 Å². The number of ether oxygens (including phenoxy) is 2. The summed E-state index contributed by atoms with van der Waals surface area (Å²) in [6.07, 6.45) is -8.22. The van der Waals surface area contributed by atoms with E-state index in [9.17, 15) is 26.4 Å². The number of aryl methyl sites for hydroxylation is 1. The highest BCUT2D eigenvalue weighted by molar-refractivity contribution is 7.89. The van der Waals surface area contributed by atoms with Gasteiger partial charge in [-0.25, -0.2) is 13.2 Å². The predicted octanol–water partition coefficient (Wildman–Crippen LogP) is 2.56. The lowest BCUT2D eigenvalue weighted by Gasteiger charge is -2.46. The summed E-state index contributed by atoms with van der Waals surface area (Å²) in [4.78, 5) is 13.2. The first-order valence-corrected chi connectivity index (χ1v) is 11.7. The van der Waals surface area contributed by atoms with Crippen LogP contribution in [0.25, 0.3) is 0 Å². The van der Waals surface area contributed by atoms with Crippen molar-refractivity contribution in [3.63, 3.8) is 0 Å².